The summed E-state index contributed by atoms with van der Waals surface area (Å²) in [6.07, 6.45) is 19.3. The molecule has 0 unspecified atom stereocenters. The van der Waals surface area contributed by atoms with E-state index in [-0.39, 0.29) is 0 Å². The normalized spacial score (nSPS) is 13.6. The highest BCUT2D eigenvalue weighted by molar-refractivity contribution is 5.78. The molecule has 0 N–H and O–H groups in total. The molecule has 2 heteroatoms. The molecule has 3 rings (SSSR count). The molecule has 1 aliphatic heterocycles. The molecule has 2 aromatic carbocycles. The Hall–Kier alpha value is -2.48. The maximum absolute atomic E-state index is 11.4. The molecule has 0 radical (unpaired) electrons. The minimum Gasteiger partial charge on any atom is -0.493 e. The molecule has 188 valence electrons. The highest BCUT2D eigenvalue weighted by Gasteiger charge is 2.28. The highest BCUT2D eigenvalue weighted by Crippen LogP contribution is 2.38. The summed E-state index contributed by atoms with van der Waals surface area (Å²) in [5.41, 5.74) is 19.5. The fourth-order valence-electron chi connectivity index (χ4n) is 5.03. The van der Waals surface area contributed by atoms with Crippen LogP contribution in [0.1, 0.15) is 120 Å². The molecule has 0 atom stereocenters. The lowest BCUT2D eigenvalue weighted by Crippen LogP contribution is -2.03. The van der Waals surface area contributed by atoms with E-state index in [1.165, 1.54) is 92.0 Å². The molecule has 1 aliphatic rings. The van der Waals surface area contributed by atoms with Crippen LogP contribution >= 0.6 is 0 Å². The first-order valence-electron chi connectivity index (χ1n) is 14.3. The number of nitrogens with zero attached hydrogens (tertiary/aromatic N) is 2. The van der Waals surface area contributed by atoms with Crippen LogP contribution in [0.4, 0.5) is 0 Å². The van der Waals surface area contributed by atoms with E-state index in [1.807, 2.05) is 0 Å². The van der Waals surface area contributed by atoms with E-state index in [0.717, 1.165) is 41.8 Å². The molecule has 1 heterocycles. The maximum Gasteiger partial charge on any atom is 0.210 e. The van der Waals surface area contributed by atoms with Gasteiger partial charge < -0.3 is 5.53 Å². The molecule has 2 nitrogen and oxygen atoms in total. The SMILES string of the molecule is CCCCCCCCC1=C(c2cccc(CCCCC)c2)[N+](=[N-])C(c2ccc(CCCC)cc2)=C1. The van der Waals surface area contributed by atoms with Crippen molar-refractivity contribution < 1.29 is 4.70 Å². The van der Waals surface area contributed by atoms with Gasteiger partial charge in [0.1, 0.15) is 0 Å². The molecule has 35 heavy (non-hydrogen) atoms. The van der Waals surface area contributed by atoms with Crippen LogP contribution in [0.15, 0.2) is 60.2 Å². The first-order valence-corrected chi connectivity index (χ1v) is 14.3. The number of allylic oxidation sites excluding steroid dienone is 2. The quantitative estimate of drug-likeness (QED) is 0.172. The molecule has 0 saturated heterocycles. The molecule has 0 bridgehead atoms. The summed E-state index contributed by atoms with van der Waals surface area (Å²) in [7, 11) is 0. The summed E-state index contributed by atoms with van der Waals surface area (Å²) in [5, 5.41) is 0. The van der Waals surface area contributed by atoms with Gasteiger partial charge in [-0.3, -0.25) is 0 Å². The van der Waals surface area contributed by atoms with Gasteiger partial charge in [0.15, 0.2) is 0 Å². The van der Waals surface area contributed by atoms with E-state index in [4.69, 9.17) is 0 Å². The lowest BCUT2D eigenvalue weighted by molar-refractivity contribution is -0.344. The van der Waals surface area contributed by atoms with Gasteiger partial charge in [0.05, 0.1) is 0 Å². The van der Waals surface area contributed by atoms with E-state index in [9.17, 15) is 5.53 Å². The fourth-order valence-corrected chi connectivity index (χ4v) is 5.03. The number of hydrogen-bond acceptors (Lipinski definition) is 0. The number of aryl methyl sites for hydroxylation is 2. The van der Waals surface area contributed by atoms with Crippen LogP contribution in [0.2, 0.25) is 0 Å². The third kappa shape index (κ3) is 8.02. The monoisotopic (exact) mass is 470 g/mol. The highest BCUT2D eigenvalue weighted by atomic mass is 15.2. The smallest absolute Gasteiger partial charge is 0.210 e. The third-order valence-corrected chi connectivity index (χ3v) is 7.19. The van der Waals surface area contributed by atoms with E-state index in [0.29, 0.717) is 0 Å². The van der Waals surface area contributed by atoms with Crippen molar-refractivity contribution in [3.8, 4) is 0 Å². The summed E-state index contributed by atoms with van der Waals surface area (Å²) in [6.45, 7) is 6.75. The molecular weight excluding hydrogens is 424 g/mol. The summed E-state index contributed by atoms with van der Waals surface area (Å²) in [4.78, 5) is 0. The van der Waals surface area contributed by atoms with Crippen LogP contribution in [0.5, 0.6) is 0 Å². The largest absolute Gasteiger partial charge is 0.493 e. The fraction of sp³-hybridized carbons (Fsp3) is 0.515. The van der Waals surface area contributed by atoms with Crippen LogP contribution in [-0.2, 0) is 12.8 Å². The zero-order chi connectivity index (χ0) is 24.9. The second kappa shape index (κ2) is 14.8. The Morgan fingerprint density at radius 3 is 1.97 bits per heavy atom. The van der Waals surface area contributed by atoms with E-state index >= 15 is 0 Å². The first kappa shape index (κ1) is 27.1. The molecule has 0 saturated carbocycles. The maximum atomic E-state index is 11.4. The molecule has 0 aromatic heterocycles. The first-order chi connectivity index (χ1) is 17.2. The van der Waals surface area contributed by atoms with E-state index < -0.39 is 0 Å². The number of rotatable bonds is 16. The minimum absolute atomic E-state index is 0.902. The molecular formula is C33H46N2. The van der Waals surface area contributed by atoms with Crippen molar-refractivity contribution in [1.82, 2.24) is 0 Å². The van der Waals surface area contributed by atoms with Gasteiger partial charge in [-0.15, -0.1) is 0 Å². The van der Waals surface area contributed by atoms with Gasteiger partial charge in [0.2, 0.25) is 11.4 Å². The number of unbranched alkanes of at least 4 members (excludes halogenated alkanes) is 8. The Morgan fingerprint density at radius 1 is 0.600 bits per heavy atom. The zero-order valence-corrected chi connectivity index (χ0v) is 22.5. The molecule has 0 fully saturated rings. The van der Waals surface area contributed by atoms with Crippen LogP contribution in [0, 0.1) is 0 Å². The lowest BCUT2D eigenvalue weighted by Gasteiger charge is -2.11. The van der Waals surface area contributed by atoms with Crippen LogP contribution in [0.25, 0.3) is 16.9 Å². The topological polar surface area (TPSA) is 25.3 Å². The molecule has 0 spiro atoms. The Bertz CT molecular complexity index is 994. The molecule has 0 aliphatic carbocycles. The van der Waals surface area contributed by atoms with E-state index in [2.05, 4.69) is 75.4 Å². The van der Waals surface area contributed by atoms with Gasteiger partial charge in [-0.05, 0) is 73.9 Å². The Kier molecular flexibility index (Phi) is 11.5. The zero-order valence-electron chi connectivity index (χ0n) is 22.5. The Balaban J connectivity index is 1.81. The minimum atomic E-state index is 0.902. The van der Waals surface area contributed by atoms with Crippen molar-refractivity contribution in [1.29, 1.82) is 0 Å². The number of benzene rings is 2. The van der Waals surface area contributed by atoms with Crippen molar-refractivity contribution in [3.63, 3.8) is 0 Å². The van der Waals surface area contributed by atoms with Crippen molar-refractivity contribution >= 4 is 11.4 Å². The molecule has 2 aromatic rings. The Morgan fingerprint density at radius 2 is 1.23 bits per heavy atom. The van der Waals surface area contributed by atoms with Crippen molar-refractivity contribution in [2.24, 2.45) is 0 Å². The van der Waals surface area contributed by atoms with Gasteiger partial charge in [0.25, 0.3) is 0 Å². The predicted molar refractivity (Wildman–Crippen MR) is 151 cm³/mol. The Labute approximate surface area is 214 Å². The molecule has 0 amide bonds. The van der Waals surface area contributed by atoms with Gasteiger partial charge in [-0.2, -0.15) is 0 Å². The van der Waals surface area contributed by atoms with Crippen molar-refractivity contribution in [3.05, 3.63) is 88.0 Å². The van der Waals surface area contributed by atoms with Gasteiger partial charge >= 0.3 is 0 Å². The van der Waals surface area contributed by atoms with Gasteiger partial charge in [0, 0.05) is 22.8 Å². The second-order valence-electron chi connectivity index (χ2n) is 10.2. The van der Waals surface area contributed by atoms with Crippen LogP contribution in [-0.4, -0.2) is 4.70 Å². The summed E-state index contributed by atoms with van der Waals surface area (Å²) >= 11 is 0. The standard InChI is InChI=1S/C33H46N2/c1-4-7-10-11-12-14-19-31-26-32(29-23-21-27(22-24-29)16-9-6-3)35(34)33(31)30-20-15-18-28(25-30)17-13-8-5-2/h15,18,20-26H,4-14,16-17,19H2,1-3H3. The van der Waals surface area contributed by atoms with Crippen LogP contribution in [0.3, 0.4) is 0 Å². The second-order valence-corrected chi connectivity index (χ2v) is 10.2. The van der Waals surface area contributed by atoms with Crippen molar-refractivity contribution in [2.75, 3.05) is 0 Å². The third-order valence-electron chi connectivity index (χ3n) is 7.19. The summed E-state index contributed by atoms with van der Waals surface area (Å²) < 4.78 is 1.46. The average Bonchev–Trinajstić information content (AvgIpc) is 3.21. The predicted octanol–water partition coefficient (Wildman–Crippen LogP) is 10.3. The van der Waals surface area contributed by atoms with Crippen molar-refractivity contribution in [2.45, 2.75) is 111 Å². The lowest BCUT2D eigenvalue weighted by atomic mass is 9.98. The average molecular weight is 471 g/mol. The summed E-state index contributed by atoms with van der Waals surface area (Å²) in [5.74, 6) is 0. The number of hydrogen-bond donors (Lipinski definition) is 0. The van der Waals surface area contributed by atoms with E-state index in [1.54, 1.807) is 0 Å². The van der Waals surface area contributed by atoms with Gasteiger partial charge in [-0.25, -0.2) is 4.70 Å². The summed E-state index contributed by atoms with van der Waals surface area (Å²) in [6, 6.07) is 17.6. The van der Waals surface area contributed by atoms with Gasteiger partial charge in [-0.1, -0.05) is 96.4 Å². The van der Waals surface area contributed by atoms with Crippen LogP contribution < -0.4 is 0 Å².